The number of aromatic nitrogens is 4. The third-order valence-corrected chi connectivity index (χ3v) is 3.71. The number of fused-ring (bicyclic) bond motifs is 2. The number of amides is 1. The Labute approximate surface area is 136 Å². The molecule has 0 saturated carbocycles. The molecule has 0 unspecified atom stereocenters. The number of benzene rings is 1. The molecule has 0 aliphatic carbocycles. The highest BCUT2D eigenvalue weighted by atomic mass is 16.2. The molecule has 1 amide bonds. The van der Waals surface area contributed by atoms with Crippen molar-refractivity contribution < 1.29 is 4.79 Å². The summed E-state index contributed by atoms with van der Waals surface area (Å²) >= 11 is 0. The Balaban J connectivity index is 1.58. The third kappa shape index (κ3) is 2.41. The van der Waals surface area contributed by atoms with Gasteiger partial charge in [0.05, 0.1) is 17.6 Å². The van der Waals surface area contributed by atoms with Gasteiger partial charge in [0.25, 0.3) is 11.5 Å². The normalized spacial score (nSPS) is 11.0. The van der Waals surface area contributed by atoms with Crippen molar-refractivity contribution in [1.29, 1.82) is 0 Å². The Kier molecular flexibility index (Phi) is 3.31. The van der Waals surface area contributed by atoms with E-state index < -0.39 is 11.5 Å². The first-order valence-corrected chi connectivity index (χ1v) is 7.40. The molecule has 7 heteroatoms. The first-order chi connectivity index (χ1) is 11.7. The topological polar surface area (TPSA) is 92.2 Å². The number of para-hydroxylation sites is 2. The molecule has 3 heterocycles. The van der Waals surface area contributed by atoms with Gasteiger partial charge in [-0.15, -0.1) is 0 Å². The molecule has 0 radical (unpaired) electrons. The van der Waals surface area contributed by atoms with Crippen LogP contribution in [0.25, 0.3) is 16.7 Å². The lowest BCUT2D eigenvalue weighted by Gasteiger charge is -2.04. The van der Waals surface area contributed by atoms with Gasteiger partial charge in [-0.05, 0) is 24.3 Å². The van der Waals surface area contributed by atoms with E-state index in [0.717, 1.165) is 11.0 Å². The van der Waals surface area contributed by atoms with Gasteiger partial charge >= 0.3 is 0 Å². The summed E-state index contributed by atoms with van der Waals surface area (Å²) in [5.41, 5.74) is 1.82. The summed E-state index contributed by atoms with van der Waals surface area (Å²) in [7, 11) is 0. The summed E-state index contributed by atoms with van der Waals surface area (Å²) in [6.07, 6.45) is 2.88. The summed E-state index contributed by atoms with van der Waals surface area (Å²) in [6.45, 7) is 0.199. The van der Waals surface area contributed by atoms with Crippen molar-refractivity contribution in [2.24, 2.45) is 0 Å². The van der Waals surface area contributed by atoms with Gasteiger partial charge in [-0.25, -0.2) is 9.97 Å². The van der Waals surface area contributed by atoms with Crippen LogP contribution in [0, 0.1) is 0 Å². The highest BCUT2D eigenvalue weighted by Crippen LogP contribution is 2.10. The van der Waals surface area contributed by atoms with Crippen LogP contribution in [0.4, 0.5) is 0 Å². The van der Waals surface area contributed by atoms with Gasteiger partial charge in [-0.2, -0.15) is 0 Å². The summed E-state index contributed by atoms with van der Waals surface area (Å²) in [5.74, 6) is 0.143. The van der Waals surface area contributed by atoms with Crippen LogP contribution in [0.1, 0.15) is 16.2 Å². The number of imidazole rings is 1. The standard InChI is InChI=1S/C17H13N5O2/c23-16(11-9-18-15-7-3-4-8-22(15)17(11)24)19-10-14-20-12-5-1-2-6-13(12)21-14/h1-9H,10H2,(H,19,23)(H,20,21). The van der Waals surface area contributed by atoms with Gasteiger partial charge in [0, 0.05) is 12.4 Å². The van der Waals surface area contributed by atoms with Crippen molar-refractivity contribution in [2.45, 2.75) is 6.54 Å². The van der Waals surface area contributed by atoms with E-state index in [2.05, 4.69) is 20.3 Å². The van der Waals surface area contributed by atoms with Crippen LogP contribution < -0.4 is 10.9 Å². The second-order valence-corrected chi connectivity index (χ2v) is 5.29. The van der Waals surface area contributed by atoms with E-state index in [1.54, 1.807) is 24.4 Å². The summed E-state index contributed by atoms with van der Waals surface area (Å²) in [6, 6.07) is 12.8. The zero-order valence-electron chi connectivity index (χ0n) is 12.6. The number of hydrogen-bond acceptors (Lipinski definition) is 4. The molecular weight excluding hydrogens is 306 g/mol. The molecule has 118 valence electrons. The fourth-order valence-electron chi connectivity index (χ4n) is 2.53. The molecule has 3 aromatic heterocycles. The molecule has 2 N–H and O–H groups in total. The lowest BCUT2D eigenvalue weighted by Crippen LogP contribution is -2.31. The molecule has 0 spiro atoms. The minimum atomic E-state index is -0.480. The minimum absolute atomic E-state index is 0.00480. The van der Waals surface area contributed by atoms with Gasteiger partial charge in [0.1, 0.15) is 17.0 Å². The van der Waals surface area contributed by atoms with Crippen molar-refractivity contribution >= 4 is 22.6 Å². The van der Waals surface area contributed by atoms with Gasteiger partial charge in [0.2, 0.25) is 0 Å². The van der Waals surface area contributed by atoms with Crippen molar-refractivity contribution in [3.63, 3.8) is 0 Å². The molecular formula is C17H13N5O2. The molecule has 0 atom stereocenters. The number of nitrogens with zero attached hydrogens (tertiary/aromatic N) is 3. The highest BCUT2D eigenvalue weighted by Gasteiger charge is 2.13. The molecule has 0 aliphatic rings. The molecule has 7 nitrogen and oxygen atoms in total. The van der Waals surface area contributed by atoms with Gasteiger partial charge in [0.15, 0.2) is 0 Å². The average Bonchev–Trinajstić information content (AvgIpc) is 3.03. The molecule has 24 heavy (non-hydrogen) atoms. The van der Waals surface area contributed by atoms with Crippen LogP contribution in [0.5, 0.6) is 0 Å². The number of H-pyrrole nitrogens is 1. The van der Waals surface area contributed by atoms with E-state index in [0.29, 0.717) is 11.5 Å². The van der Waals surface area contributed by atoms with Crippen LogP contribution in [-0.2, 0) is 6.54 Å². The predicted molar refractivity (Wildman–Crippen MR) is 88.7 cm³/mol. The lowest BCUT2D eigenvalue weighted by molar-refractivity contribution is 0.0948. The van der Waals surface area contributed by atoms with E-state index in [1.165, 1.54) is 10.6 Å². The number of carbonyl (C=O) groups excluding carboxylic acids is 1. The number of pyridine rings is 1. The van der Waals surface area contributed by atoms with Crippen LogP contribution in [0.2, 0.25) is 0 Å². The SMILES string of the molecule is O=C(NCc1nc2ccccc2[nH]1)c1cnc2ccccn2c1=O. The predicted octanol–water partition coefficient (Wildman–Crippen LogP) is 1.50. The molecule has 0 fully saturated rings. The van der Waals surface area contributed by atoms with E-state index in [9.17, 15) is 9.59 Å². The van der Waals surface area contributed by atoms with E-state index in [1.807, 2.05) is 24.3 Å². The Hall–Kier alpha value is -3.48. The highest BCUT2D eigenvalue weighted by molar-refractivity contribution is 5.93. The quantitative estimate of drug-likeness (QED) is 0.598. The monoisotopic (exact) mass is 319 g/mol. The second-order valence-electron chi connectivity index (χ2n) is 5.29. The van der Waals surface area contributed by atoms with Crippen molar-refractivity contribution in [3.8, 4) is 0 Å². The minimum Gasteiger partial charge on any atom is -0.345 e. The van der Waals surface area contributed by atoms with Crippen molar-refractivity contribution in [2.75, 3.05) is 0 Å². The summed E-state index contributed by atoms with van der Waals surface area (Å²) in [4.78, 5) is 36.3. The van der Waals surface area contributed by atoms with E-state index in [4.69, 9.17) is 0 Å². The van der Waals surface area contributed by atoms with Crippen molar-refractivity contribution in [1.82, 2.24) is 24.7 Å². The van der Waals surface area contributed by atoms with Crippen LogP contribution >= 0.6 is 0 Å². The van der Waals surface area contributed by atoms with E-state index in [-0.39, 0.29) is 12.1 Å². The first kappa shape index (κ1) is 14.1. The largest absolute Gasteiger partial charge is 0.345 e. The average molecular weight is 319 g/mol. The third-order valence-electron chi connectivity index (χ3n) is 3.71. The second kappa shape index (κ2) is 5.62. The Morgan fingerprint density at radius 2 is 2.00 bits per heavy atom. The molecule has 1 aromatic carbocycles. The Morgan fingerprint density at radius 1 is 1.17 bits per heavy atom. The zero-order valence-corrected chi connectivity index (χ0v) is 12.6. The number of carbonyl (C=O) groups is 1. The number of nitrogens with one attached hydrogen (secondary N) is 2. The van der Waals surface area contributed by atoms with Crippen LogP contribution in [0.3, 0.4) is 0 Å². The molecule has 0 bridgehead atoms. The maximum absolute atomic E-state index is 12.4. The van der Waals surface area contributed by atoms with Crippen LogP contribution in [0.15, 0.2) is 59.7 Å². The summed E-state index contributed by atoms with van der Waals surface area (Å²) in [5, 5.41) is 2.70. The zero-order chi connectivity index (χ0) is 16.5. The van der Waals surface area contributed by atoms with Gasteiger partial charge < -0.3 is 10.3 Å². The molecule has 4 rings (SSSR count). The van der Waals surface area contributed by atoms with Crippen molar-refractivity contribution in [3.05, 3.63) is 76.6 Å². The van der Waals surface area contributed by atoms with Gasteiger partial charge in [-0.3, -0.25) is 14.0 Å². The van der Waals surface area contributed by atoms with Crippen LogP contribution in [-0.4, -0.2) is 25.3 Å². The summed E-state index contributed by atoms with van der Waals surface area (Å²) < 4.78 is 1.34. The molecule has 0 aliphatic heterocycles. The van der Waals surface area contributed by atoms with Gasteiger partial charge in [-0.1, -0.05) is 18.2 Å². The molecule has 4 aromatic rings. The fourth-order valence-corrected chi connectivity index (χ4v) is 2.53. The maximum Gasteiger partial charge on any atom is 0.270 e. The lowest BCUT2D eigenvalue weighted by atomic mass is 10.3. The fraction of sp³-hybridized carbons (Fsp3) is 0.0588. The Morgan fingerprint density at radius 3 is 2.88 bits per heavy atom. The number of rotatable bonds is 3. The smallest absolute Gasteiger partial charge is 0.270 e. The number of aromatic amines is 1. The Bertz CT molecular complexity index is 1080. The molecule has 0 saturated heterocycles. The maximum atomic E-state index is 12.4. The van der Waals surface area contributed by atoms with E-state index >= 15 is 0 Å². The first-order valence-electron chi connectivity index (χ1n) is 7.40. The number of hydrogen-bond donors (Lipinski definition) is 2.